The molecule has 2 N–H and O–H groups in total. The maximum atomic E-state index is 14.6. The first-order valence-electron chi connectivity index (χ1n) is 7.58. The molecule has 0 radical (unpaired) electrons. The van der Waals surface area contributed by atoms with Crippen LogP contribution in [0.4, 0.5) is 4.39 Å². The van der Waals surface area contributed by atoms with E-state index in [1.165, 1.54) is 6.07 Å². The van der Waals surface area contributed by atoms with Crippen LogP contribution in [0.1, 0.15) is 17.0 Å². The molecule has 2 aliphatic heterocycles. The second kappa shape index (κ2) is 5.83. The first-order valence-corrected chi connectivity index (χ1v) is 7.95. The number of fused-ring (bicyclic) bond motifs is 2. The number of nitrogens with zero attached hydrogens (tertiary/aromatic N) is 1. The fourth-order valence-corrected chi connectivity index (χ4v) is 3.35. The van der Waals surface area contributed by atoms with E-state index in [0.29, 0.717) is 22.6 Å². The summed E-state index contributed by atoms with van der Waals surface area (Å²) in [6, 6.07) is 13.8. The lowest BCUT2D eigenvalue weighted by Crippen LogP contribution is -2.26. The number of benzene rings is 2. The zero-order valence-electron chi connectivity index (χ0n) is 12.9. The molecule has 2 heterocycles. The highest BCUT2D eigenvalue weighted by molar-refractivity contribution is 6.30. The van der Waals surface area contributed by atoms with Crippen LogP contribution in [0, 0.1) is 17.1 Å². The van der Waals surface area contributed by atoms with Crippen molar-refractivity contribution in [3.8, 4) is 11.8 Å². The first-order chi connectivity index (χ1) is 12.1. The zero-order valence-corrected chi connectivity index (χ0v) is 13.7. The van der Waals surface area contributed by atoms with Crippen molar-refractivity contribution in [3.63, 3.8) is 0 Å². The number of nitrogens with two attached hydrogens (primary N) is 1. The van der Waals surface area contributed by atoms with Gasteiger partial charge in [0.15, 0.2) is 0 Å². The Balaban J connectivity index is 1.95. The molecule has 2 aromatic carbocycles. The maximum absolute atomic E-state index is 14.6. The van der Waals surface area contributed by atoms with E-state index in [2.05, 4.69) is 0 Å². The molecular weight excluding hydrogens is 343 g/mol. The fraction of sp³-hybridized carbons (Fsp3) is 0.105. The van der Waals surface area contributed by atoms with Crippen LogP contribution in [0.15, 0.2) is 59.5 Å². The summed E-state index contributed by atoms with van der Waals surface area (Å²) in [5.74, 6) is -0.0511. The van der Waals surface area contributed by atoms with Crippen molar-refractivity contribution in [2.75, 3.05) is 6.61 Å². The van der Waals surface area contributed by atoms with Gasteiger partial charge in [0.1, 0.15) is 35.6 Å². The van der Waals surface area contributed by atoms with Gasteiger partial charge in [-0.2, -0.15) is 5.26 Å². The van der Waals surface area contributed by atoms with E-state index in [0.717, 1.165) is 5.56 Å². The van der Waals surface area contributed by atoms with Gasteiger partial charge in [0.05, 0.1) is 11.5 Å². The molecule has 0 bridgehead atoms. The Morgan fingerprint density at radius 3 is 2.80 bits per heavy atom. The van der Waals surface area contributed by atoms with Gasteiger partial charge in [-0.1, -0.05) is 29.8 Å². The summed E-state index contributed by atoms with van der Waals surface area (Å²) >= 11 is 5.86. The quantitative estimate of drug-likeness (QED) is 0.837. The van der Waals surface area contributed by atoms with E-state index in [1.54, 1.807) is 12.1 Å². The summed E-state index contributed by atoms with van der Waals surface area (Å²) in [4.78, 5) is 0. The topological polar surface area (TPSA) is 68.3 Å². The molecule has 6 heteroatoms. The van der Waals surface area contributed by atoms with Gasteiger partial charge in [0.25, 0.3) is 0 Å². The van der Waals surface area contributed by atoms with Crippen molar-refractivity contribution < 1.29 is 13.9 Å². The molecule has 4 rings (SSSR count). The predicted octanol–water partition coefficient (Wildman–Crippen LogP) is 4.09. The van der Waals surface area contributed by atoms with Crippen LogP contribution >= 0.6 is 11.6 Å². The van der Waals surface area contributed by atoms with E-state index in [1.807, 2.05) is 30.3 Å². The van der Waals surface area contributed by atoms with Gasteiger partial charge in [-0.05, 0) is 24.3 Å². The minimum atomic E-state index is -0.681. The predicted molar refractivity (Wildman–Crippen MR) is 90.9 cm³/mol. The molecule has 4 nitrogen and oxygen atoms in total. The molecule has 0 spiro atoms. The molecule has 0 unspecified atom stereocenters. The van der Waals surface area contributed by atoms with Crippen molar-refractivity contribution in [1.82, 2.24) is 0 Å². The largest absolute Gasteiger partial charge is 0.488 e. The van der Waals surface area contributed by atoms with Gasteiger partial charge >= 0.3 is 0 Å². The third kappa shape index (κ3) is 2.43. The number of nitriles is 1. The van der Waals surface area contributed by atoms with Crippen LogP contribution in [-0.4, -0.2) is 6.61 Å². The molecule has 0 saturated carbocycles. The Hall–Kier alpha value is -2.97. The number of para-hydroxylation sites is 1. The minimum absolute atomic E-state index is 0.0303. The summed E-state index contributed by atoms with van der Waals surface area (Å²) in [5.41, 5.74) is 7.82. The molecule has 124 valence electrons. The summed E-state index contributed by atoms with van der Waals surface area (Å²) < 4.78 is 26.1. The zero-order chi connectivity index (χ0) is 17.6. The molecular formula is C19H12ClFN2O2. The molecule has 25 heavy (non-hydrogen) atoms. The van der Waals surface area contributed by atoms with Gasteiger partial charge in [-0.15, -0.1) is 0 Å². The molecule has 2 aromatic rings. The normalized spacial score (nSPS) is 18.7. The van der Waals surface area contributed by atoms with Crippen LogP contribution in [0.3, 0.4) is 0 Å². The second-order valence-corrected chi connectivity index (χ2v) is 6.17. The van der Waals surface area contributed by atoms with Crippen LogP contribution < -0.4 is 10.5 Å². The third-order valence-corrected chi connectivity index (χ3v) is 4.55. The highest BCUT2D eigenvalue weighted by atomic mass is 35.5. The smallest absolute Gasteiger partial charge is 0.205 e. The van der Waals surface area contributed by atoms with Gasteiger partial charge in [-0.3, -0.25) is 0 Å². The Labute approximate surface area is 148 Å². The van der Waals surface area contributed by atoms with E-state index in [9.17, 15) is 9.65 Å². The van der Waals surface area contributed by atoms with E-state index >= 15 is 0 Å². The third-order valence-electron chi connectivity index (χ3n) is 4.32. The van der Waals surface area contributed by atoms with Crippen LogP contribution in [0.5, 0.6) is 5.75 Å². The molecule has 2 aliphatic rings. The van der Waals surface area contributed by atoms with Crippen molar-refractivity contribution in [3.05, 3.63) is 81.5 Å². The number of allylic oxidation sites excluding steroid dienone is 1. The van der Waals surface area contributed by atoms with Gasteiger partial charge < -0.3 is 15.2 Å². The van der Waals surface area contributed by atoms with Crippen LogP contribution in [0.2, 0.25) is 5.02 Å². The Morgan fingerprint density at radius 2 is 2.04 bits per heavy atom. The summed E-state index contributed by atoms with van der Waals surface area (Å²) in [6.45, 7) is 0.178. The SMILES string of the molecule is N#CC1=C(N)OC2=C(COc3ccccc32)[C@@H]1c1ccc(Cl)cc1F. The van der Waals surface area contributed by atoms with Gasteiger partial charge in [0.2, 0.25) is 5.88 Å². The number of rotatable bonds is 1. The standard InChI is InChI=1S/C19H12ClFN2O2/c20-10-5-6-11(15(21)7-10)17-13(8-22)19(23)25-18-12-3-1-2-4-16(12)24-9-14(17)18/h1-7,17H,9,23H2/t17-/m1/s1. The van der Waals surface area contributed by atoms with Gasteiger partial charge in [-0.25, -0.2) is 4.39 Å². The van der Waals surface area contributed by atoms with Crippen LogP contribution in [-0.2, 0) is 4.74 Å². The van der Waals surface area contributed by atoms with E-state index in [4.69, 9.17) is 26.8 Å². The average Bonchev–Trinajstić information content (AvgIpc) is 2.61. The average molecular weight is 355 g/mol. The van der Waals surface area contributed by atoms with Crippen molar-refractivity contribution in [1.29, 1.82) is 5.26 Å². The maximum Gasteiger partial charge on any atom is 0.205 e. The monoisotopic (exact) mass is 354 g/mol. The Kier molecular flexibility index (Phi) is 3.63. The summed E-state index contributed by atoms with van der Waals surface area (Å²) in [5, 5.41) is 9.83. The van der Waals surface area contributed by atoms with Crippen molar-refractivity contribution >= 4 is 17.4 Å². The molecule has 0 saturated heterocycles. The summed E-state index contributed by atoms with van der Waals surface area (Å²) in [6.07, 6.45) is 0. The minimum Gasteiger partial charge on any atom is -0.488 e. The lowest BCUT2D eigenvalue weighted by atomic mass is 9.81. The molecule has 0 amide bonds. The van der Waals surface area contributed by atoms with E-state index in [-0.39, 0.29) is 23.1 Å². The van der Waals surface area contributed by atoms with Crippen molar-refractivity contribution in [2.45, 2.75) is 5.92 Å². The second-order valence-electron chi connectivity index (χ2n) is 5.73. The fourth-order valence-electron chi connectivity index (χ4n) is 3.19. The van der Waals surface area contributed by atoms with E-state index < -0.39 is 11.7 Å². The number of hydrogen-bond acceptors (Lipinski definition) is 4. The highest BCUT2D eigenvalue weighted by Gasteiger charge is 2.37. The highest BCUT2D eigenvalue weighted by Crippen LogP contribution is 2.47. The summed E-state index contributed by atoms with van der Waals surface area (Å²) in [7, 11) is 0. The Morgan fingerprint density at radius 1 is 1.24 bits per heavy atom. The molecule has 1 atom stereocenters. The Bertz CT molecular complexity index is 991. The first kappa shape index (κ1) is 15.6. The number of hydrogen-bond donors (Lipinski definition) is 1. The molecule has 0 aromatic heterocycles. The lowest BCUT2D eigenvalue weighted by Gasteiger charge is -2.33. The number of halogens is 2. The lowest BCUT2D eigenvalue weighted by molar-refractivity contribution is 0.293. The molecule has 0 fully saturated rings. The van der Waals surface area contributed by atoms with Crippen molar-refractivity contribution in [2.24, 2.45) is 5.73 Å². The number of ether oxygens (including phenoxy) is 2. The van der Waals surface area contributed by atoms with Crippen LogP contribution in [0.25, 0.3) is 5.76 Å². The van der Waals surface area contributed by atoms with Gasteiger partial charge in [0, 0.05) is 16.2 Å². The molecule has 0 aliphatic carbocycles.